The average Bonchev–Trinajstić information content (AvgIpc) is 3.36. The number of rotatable bonds is 54. The van der Waals surface area contributed by atoms with Gasteiger partial charge in [0.2, 0.25) is 5.91 Å². The molecule has 0 saturated heterocycles. The van der Waals surface area contributed by atoms with Crippen LogP contribution in [0.5, 0.6) is 0 Å². The third kappa shape index (κ3) is 54.0. The molecule has 0 aromatic heterocycles. The van der Waals surface area contributed by atoms with Crippen LogP contribution in [-0.2, 0) is 27.9 Å². The molecule has 3 unspecified atom stereocenters. The Labute approximate surface area is 456 Å². The maximum Gasteiger partial charge on any atom is 0.306 e. The fraction of sp³-hybridized carbons (Fsp3) is 0.750. The van der Waals surface area contributed by atoms with Gasteiger partial charge in [0.15, 0.2) is 0 Å². The van der Waals surface area contributed by atoms with Crippen LogP contribution in [0.25, 0.3) is 0 Å². The van der Waals surface area contributed by atoms with Crippen molar-refractivity contribution < 1.29 is 37.3 Å². The first-order chi connectivity index (χ1) is 35.9. The lowest BCUT2D eigenvalue weighted by atomic mass is 10.0. The van der Waals surface area contributed by atoms with Gasteiger partial charge in [-0.2, -0.15) is 0 Å². The molecule has 10 heteroatoms. The van der Waals surface area contributed by atoms with Gasteiger partial charge in [-0.15, -0.1) is 0 Å². The summed E-state index contributed by atoms with van der Waals surface area (Å²) >= 11 is 0. The standard InChI is InChI=1S/C64H115N2O7P/c1-7-10-13-16-19-22-25-28-30-31-32-33-34-35-37-39-42-45-48-51-54-57-64(68)73-62(55-52-49-46-43-40-27-24-21-18-15-12-9-3)61(60-72-74(69,70)71-59-58-66(4,5)6)65-63(67)56-53-50-47-44-41-38-36-29-26-23-20-17-14-11-8-2/h19-20,22-23,26,28-30,32-33,35,37,52,55,61-62H,7-18,21,24-25,27,31,34,36,38-51,53-54,56-60H2,1-6H3,(H-,65,67,69,70)/b22-19-,23-20+,29-26+,30-28-,33-32-,37-35-,55-52-. The summed E-state index contributed by atoms with van der Waals surface area (Å²) in [5.74, 6) is -0.578. The number of quaternary nitrogens is 1. The van der Waals surface area contributed by atoms with Gasteiger partial charge in [-0.05, 0) is 102 Å². The summed E-state index contributed by atoms with van der Waals surface area (Å²) in [5.41, 5.74) is 0. The Kier molecular flexibility index (Phi) is 51.5. The number of allylic oxidation sites excluding steroid dienone is 13. The minimum Gasteiger partial charge on any atom is -0.756 e. The Bertz CT molecular complexity index is 1540. The molecule has 0 aromatic rings. The molecule has 0 aromatic carbocycles. The first-order valence-corrected chi connectivity index (χ1v) is 31.9. The van der Waals surface area contributed by atoms with Crippen LogP contribution in [0.15, 0.2) is 85.1 Å². The van der Waals surface area contributed by atoms with Gasteiger partial charge in [0, 0.05) is 12.8 Å². The number of amides is 1. The highest BCUT2D eigenvalue weighted by molar-refractivity contribution is 7.45. The number of carbonyl (C=O) groups excluding carboxylic acids is 2. The van der Waals surface area contributed by atoms with E-state index < -0.39 is 26.6 Å². The van der Waals surface area contributed by atoms with E-state index in [1.165, 1.54) is 96.3 Å². The quantitative estimate of drug-likeness (QED) is 0.0161. The molecule has 0 spiro atoms. The first-order valence-electron chi connectivity index (χ1n) is 30.4. The van der Waals surface area contributed by atoms with Gasteiger partial charge in [0.1, 0.15) is 19.3 Å². The summed E-state index contributed by atoms with van der Waals surface area (Å²) in [4.78, 5) is 39.9. The molecule has 0 aliphatic rings. The van der Waals surface area contributed by atoms with Crippen molar-refractivity contribution in [2.24, 2.45) is 0 Å². The summed E-state index contributed by atoms with van der Waals surface area (Å²) in [5, 5.41) is 3.01. The van der Waals surface area contributed by atoms with E-state index in [-0.39, 0.29) is 24.9 Å². The minimum absolute atomic E-state index is 0.0315. The van der Waals surface area contributed by atoms with E-state index in [2.05, 4.69) is 99.0 Å². The fourth-order valence-electron chi connectivity index (χ4n) is 8.32. The summed E-state index contributed by atoms with van der Waals surface area (Å²) in [6.45, 7) is 6.76. The zero-order chi connectivity index (χ0) is 54.3. The van der Waals surface area contributed by atoms with Crippen molar-refractivity contribution in [2.75, 3.05) is 40.9 Å². The molecule has 3 atom stereocenters. The average molecular weight is 1060 g/mol. The monoisotopic (exact) mass is 1050 g/mol. The number of phosphoric ester groups is 1. The zero-order valence-corrected chi connectivity index (χ0v) is 49.7. The Morgan fingerprint density at radius 2 is 0.865 bits per heavy atom. The second-order valence-corrected chi connectivity index (χ2v) is 22.9. The molecule has 0 heterocycles. The zero-order valence-electron chi connectivity index (χ0n) is 48.8. The molecular weight excluding hydrogens is 940 g/mol. The number of esters is 1. The second kappa shape index (κ2) is 53.6. The Morgan fingerprint density at radius 1 is 0.486 bits per heavy atom. The molecule has 0 fully saturated rings. The molecule has 74 heavy (non-hydrogen) atoms. The first kappa shape index (κ1) is 71.2. The van der Waals surface area contributed by atoms with E-state index in [9.17, 15) is 19.0 Å². The maximum absolute atomic E-state index is 13.5. The van der Waals surface area contributed by atoms with Crippen LogP contribution in [0.2, 0.25) is 0 Å². The van der Waals surface area contributed by atoms with E-state index in [1.54, 1.807) is 0 Å². The number of hydrogen-bond donors (Lipinski definition) is 1. The lowest BCUT2D eigenvalue weighted by molar-refractivity contribution is -0.870. The highest BCUT2D eigenvalue weighted by Gasteiger charge is 2.27. The molecule has 0 saturated carbocycles. The lowest BCUT2D eigenvalue weighted by Crippen LogP contribution is -2.47. The van der Waals surface area contributed by atoms with Crippen LogP contribution in [0.4, 0.5) is 0 Å². The Morgan fingerprint density at radius 3 is 1.34 bits per heavy atom. The largest absolute Gasteiger partial charge is 0.756 e. The van der Waals surface area contributed by atoms with Gasteiger partial charge in [0.25, 0.3) is 7.82 Å². The van der Waals surface area contributed by atoms with Gasteiger partial charge in [-0.1, -0.05) is 228 Å². The molecule has 1 N–H and O–H groups in total. The predicted octanol–water partition coefficient (Wildman–Crippen LogP) is 18.0. The normalized spacial score (nSPS) is 14.3. The molecule has 0 aliphatic heterocycles. The molecule has 0 rings (SSSR count). The van der Waals surface area contributed by atoms with Crippen molar-refractivity contribution >= 4 is 19.7 Å². The summed E-state index contributed by atoms with van der Waals surface area (Å²) in [7, 11) is 1.16. The van der Waals surface area contributed by atoms with Crippen LogP contribution in [0.1, 0.15) is 258 Å². The van der Waals surface area contributed by atoms with Gasteiger partial charge < -0.3 is 28.5 Å². The molecular formula is C64H115N2O7P. The smallest absolute Gasteiger partial charge is 0.306 e. The van der Waals surface area contributed by atoms with Crippen LogP contribution >= 0.6 is 7.82 Å². The van der Waals surface area contributed by atoms with Gasteiger partial charge >= 0.3 is 5.97 Å². The molecule has 9 nitrogen and oxygen atoms in total. The maximum atomic E-state index is 13.5. The number of hydrogen-bond acceptors (Lipinski definition) is 7. The fourth-order valence-corrected chi connectivity index (χ4v) is 9.04. The van der Waals surface area contributed by atoms with Gasteiger partial charge in [-0.25, -0.2) is 0 Å². The van der Waals surface area contributed by atoms with E-state index in [0.717, 1.165) is 122 Å². The molecule has 0 bridgehead atoms. The van der Waals surface area contributed by atoms with Crippen molar-refractivity contribution in [3.05, 3.63) is 85.1 Å². The van der Waals surface area contributed by atoms with Crippen LogP contribution in [-0.4, -0.2) is 69.4 Å². The van der Waals surface area contributed by atoms with E-state index >= 15 is 0 Å². The van der Waals surface area contributed by atoms with Crippen LogP contribution in [0.3, 0.4) is 0 Å². The van der Waals surface area contributed by atoms with Crippen molar-refractivity contribution in [2.45, 2.75) is 270 Å². The van der Waals surface area contributed by atoms with E-state index in [4.69, 9.17) is 13.8 Å². The Hall–Kier alpha value is -2.81. The summed E-state index contributed by atoms with van der Waals surface area (Å²) in [6, 6.07) is -0.906. The topological polar surface area (TPSA) is 114 Å². The highest BCUT2D eigenvalue weighted by Crippen LogP contribution is 2.38. The molecule has 0 aliphatic carbocycles. The molecule has 428 valence electrons. The Balaban J connectivity index is 5.33. The summed E-state index contributed by atoms with van der Waals surface area (Å²) in [6.07, 6.45) is 69.7. The number of nitrogens with zero attached hydrogens (tertiary/aromatic N) is 1. The molecule has 1 amide bonds. The van der Waals surface area contributed by atoms with Crippen molar-refractivity contribution in [1.29, 1.82) is 0 Å². The number of ether oxygens (including phenoxy) is 1. The van der Waals surface area contributed by atoms with Gasteiger partial charge in [-0.3, -0.25) is 14.2 Å². The predicted molar refractivity (Wildman–Crippen MR) is 316 cm³/mol. The number of unbranched alkanes of at least 4 members (excludes halogenated alkanes) is 27. The third-order valence-corrected chi connectivity index (χ3v) is 14.0. The van der Waals surface area contributed by atoms with Crippen molar-refractivity contribution in [3.8, 4) is 0 Å². The van der Waals surface area contributed by atoms with Crippen molar-refractivity contribution in [3.63, 3.8) is 0 Å². The number of phosphoric acid groups is 1. The van der Waals surface area contributed by atoms with Crippen LogP contribution < -0.4 is 10.2 Å². The van der Waals surface area contributed by atoms with Crippen molar-refractivity contribution in [1.82, 2.24) is 5.32 Å². The van der Waals surface area contributed by atoms with E-state index in [0.29, 0.717) is 23.9 Å². The third-order valence-electron chi connectivity index (χ3n) is 13.1. The molecule has 0 radical (unpaired) electrons. The van der Waals surface area contributed by atoms with Crippen LogP contribution in [0, 0.1) is 0 Å². The summed E-state index contributed by atoms with van der Waals surface area (Å²) < 4.78 is 30.3. The highest BCUT2D eigenvalue weighted by atomic mass is 31.2. The second-order valence-electron chi connectivity index (χ2n) is 21.5. The lowest BCUT2D eigenvalue weighted by Gasteiger charge is -2.30. The minimum atomic E-state index is -4.71. The SMILES string of the molecule is CCCCC/C=C\C/C=C\C/C=C\C/C=C\CCCCCCCC(=O)OC(/C=C\CCCCCCCCCCCC)C(COP(=O)([O-])OCC[N+](C)(C)C)NC(=O)CCCCCCCC/C=C/C=C/CCCCC. The number of likely N-dealkylation sites (N-methyl/N-ethyl adjacent to an activating group) is 1. The number of carbonyl (C=O) groups is 2. The number of nitrogens with one attached hydrogen (secondary N) is 1. The van der Waals surface area contributed by atoms with E-state index in [1.807, 2.05) is 33.3 Å². The van der Waals surface area contributed by atoms with Gasteiger partial charge in [0.05, 0.1) is 33.8 Å².